The molecule has 1 aromatic heterocycles. The Morgan fingerprint density at radius 2 is 2.15 bits per heavy atom. The van der Waals surface area contributed by atoms with Crippen LogP contribution in [0.5, 0.6) is 0 Å². The minimum Gasteiger partial charge on any atom is -0.397 e. The summed E-state index contributed by atoms with van der Waals surface area (Å²) in [6, 6.07) is 0. The van der Waals surface area contributed by atoms with E-state index in [-0.39, 0.29) is 10.2 Å². The van der Waals surface area contributed by atoms with E-state index >= 15 is 0 Å². The maximum atomic E-state index is 12.3. The van der Waals surface area contributed by atoms with Gasteiger partial charge in [-0.15, -0.1) is 0 Å². The van der Waals surface area contributed by atoms with E-state index in [0.29, 0.717) is 16.6 Å². The summed E-state index contributed by atoms with van der Waals surface area (Å²) in [6.07, 6.45) is -1.35. The van der Waals surface area contributed by atoms with E-state index in [4.69, 9.17) is 5.73 Å². The van der Waals surface area contributed by atoms with Gasteiger partial charge >= 0.3 is 0 Å². The summed E-state index contributed by atoms with van der Waals surface area (Å²) in [7, 11) is 0. The molecule has 2 nitrogen and oxygen atoms in total. The number of anilines is 1. The molecular formula is C7H6Br2F2N2. The predicted octanol–water partition coefficient (Wildman–Crippen LogP) is 3.26. The molecule has 0 unspecified atom stereocenters. The van der Waals surface area contributed by atoms with Crippen molar-refractivity contribution in [3.05, 3.63) is 21.9 Å². The molecule has 0 amide bonds. The smallest absolute Gasteiger partial charge is 0.281 e. The molecular weight excluding hydrogens is 310 g/mol. The van der Waals surface area contributed by atoms with Crippen LogP contribution < -0.4 is 5.73 Å². The zero-order valence-corrected chi connectivity index (χ0v) is 9.57. The van der Waals surface area contributed by atoms with E-state index in [9.17, 15) is 8.78 Å². The molecule has 72 valence electrons. The first-order valence-electron chi connectivity index (χ1n) is 3.34. The molecule has 2 N–H and O–H groups in total. The lowest BCUT2D eigenvalue weighted by Crippen LogP contribution is -2.00. The van der Waals surface area contributed by atoms with E-state index in [2.05, 4.69) is 36.8 Å². The maximum Gasteiger partial charge on any atom is 0.281 e. The molecule has 13 heavy (non-hydrogen) atoms. The highest BCUT2D eigenvalue weighted by molar-refractivity contribution is 9.10. The summed E-state index contributed by atoms with van der Waals surface area (Å²) in [4.78, 5) is 3.54. The lowest BCUT2D eigenvalue weighted by Gasteiger charge is -2.08. The van der Waals surface area contributed by atoms with Crippen molar-refractivity contribution < 1.29 is 8.78 Å². The van der Waals surface area contributed by atoms with Crippen molar-refractivity contribution >= 4 is 37.5 Å². The second kappa shape index (κ2) is 4.32. The number of alkyl halides is 3. The topological polar surface area (TPSA) is 38.9 Å². The highest BCUT2D eigenvalue weighted by Gasteiger charge is 2.17. The van der Waals surface area contributed by atoms with Crippen LogP contribution in [0.4, 0.5) is 14.5 Å². The number of hydrogen-bond donors (Lipinski definition) is 1. The Kier molecular flexibility index (Phi) is 3.61. The van der Waals surface area contributed by atoms with Gasteiger partial charge in [0.2, 0.25) is 0 Å². The molecule has 0 aliphatic rings. The van der Waals surface area contributed by atoms with Gasteiger partial charge in [-0.2, -0.15) is 0 Å². The zero-order chi connectivity index (χ0) is 10.0. The fraction of sp³-hybridized carbons (Fsp3) is 0.286. The van der Waals surface area contributed by atoms with Crippen molar-refractivity contribution in [2.45, 2.75) is 11.8 Å². The van der Waals surface area contributed by atoms with Crippen LogP contribution in [-0.4, -0.2) is 4.98 Å². The van der Waals surface area contributed by atoms with Crippen LogP contribution >= 0.6 is 31.9 Å². The fourth-order valence-electron chi connectivity index (χ4n) is 0.843. The van der Waals surface area contributed by atoms with Gasteiger partial charge in [-0.3, -0.25) is 4.98 Å². The molecule has 0 aliphatic heterocycles. The number of nitrogen functional groups attached to an aromatic ring is 1. The summed E-state index contributed by atoms with van der Waals surface area (Å²) < 4.78 is 24.9. The van der Waals surface area contributed by atoms with Crippen LogP contribution in [0.1, 0.15) is 17.7 Å². The van der Waals surface area contributed by atoms with Crippen molar-refractivity contribution in [2.75, 3.05) is 5.73 Å². The largest absolute Gasteiger partial charge is 0.397 e. The number of pyridine rings is 1. The molecule has 1 rings (SSSR count). The maximum absolute atomic E-state index is 12.3. The average molecular weight is 316 g/mol. The molecule has 0 aromatic carbocycles. The van der Waals surface area contributed by atoms with Crippen LogP contribution in [0.2, 0.25) is 0 Å². The Labute approximate surface area is 90.8 Å². The van der Waals surface area contributed by atoms with Gasteiger partial charge in [0.25, 0.3) is 6.43 Å². The van der Waals surface area contributed by atoms with Crippen molar-refractivity contribution in [1.29, 1.82) is 0 Å². The van der Waals surface area contributed by atoms with Crippen molar-refractivity contribution in [1.82, 2.24) is 4.98 Å². The van der Waals surface area contributed by atoms with Crippen LogP contribution in [0.15, 0.2) is 10.7 Å². The summed E-state index contributed by atoms with van der Waals surface area (Å²) in [5.41, 5.74) is 6.26. The highest BCUT2D eigenvalue weighted by Crippen LogP contribution is 2.32. The monoisotopic (exact) mass is 314 g/mol. The zero-order valence-electron chi connectivity index (χ0n) is 6.40. The highest BCUT2D eigenvalue weighted by atomic mass is 79.9. The fourth-order valence-corrected chi connectivity index (χ4v) is 2.47. The quantitative estimate of drug-likeness (QED) is 0.851. The number of hydrogen-bond acceptors (Lipinski definition) is 2. The van der Waals surface area contributed by atoms with Gasteiger partial charge in [0.05, 0.1) is 16.4 Å². The molecule has 1 aromatic rings. The Morgan fingerprint density at radius 1 is 1.54 bits per heavy atom. The van der Waals surface area contributed by atoms with Crippen molar-refractivity contribution in [3.8, 4) is 0 Å². The Morgan fingerprint density at radius 3 is 2.62 bits per heavy atom. The van der Waals surface area contributed by atoms with Gasteiger partial charge in [0.15, 0.2) is 0 Å². The third-order valence-corrected chi connectivity index (χ3v) is 2.97. The average Bonchev–Trinajstić information content (AvgIpc) is 2.04. The first-order chi connectivity index (χ1) is 6.07. The minimum atomic E-state index is -2.59. The van der Waals surface area contributed by atoms with Crippen LogP contribution in [0.3, 0.4) is 0 Å². The number of nitrogens with two attached hydrogens (primary N) is 1. The Bertz CT molecular complexity index is 318. The van der Waals surface area contributed by atoms with Gasteiger partial charge < -0.3 is 5.73 Å². The molecule has 0 saturated carbocycles. The molecule has 1 heterocycles. The SMILES string of the molecule is Nc1cnc(C(F)F)c(Br)c1CBr. The second-order valence-electron chi connectivity index (χ2n) is 2.33. The van der Waals surface area contributed by atoms with E-state index < -0.39 is 6.43 Å². The number of nitrogens with zero attached hydrogens (tertiary/aromatic N) is 1. The Hall–Kier alpha value is -0.230. The predicted molar refractivity (Wildman–Crippen MR) is 53.9 cm³/mol. The van der Waals surface area contributed by atoms with Crippen molar-refractivity contribution in [3.63, 3.8) is 0 Å². The summed E-state index contributed by atoms with van der Waals surface area (Å²) >= 11 is 6.20. The van der Waals surface area contributed by atoms with Gasteiger partial charge in [0, 0.05) is 10.9 Å². The van der Waals surface area contributed by atoms with Gasteiger partial charge in [-0.05, 0) is 15.9 Å². The van der Waals surface area contributed by atoms with E-state index in [0.717, 1.165) is 0 Å². The van der Waals surface area contributed by atoms with E-state index in [1.54, 1.807) is 0 Å². The van der Waals surface area contributed by atoms with Crippen LogP contribution in [0, 0.1) is 0 Å². The molecule has 0 spiro atoms. The standard InChI is InChI=1S/C7H6Br2F2N2/c8-1-3-4(12)2-13-6(5(3)9)7(10)11/h2,7H,1,12H2. The lowest BCUT2D eigenvalue weighted by molar-refractivity contribution is 0.145. The molecule has 6 heteroatoms. The normalized spacial score (nSPS) is 10.8. The molecule has 0 saturated heterocycles. The van der Waals surface area contributed by atoms with Crippen LogP contribution in [-0.2, 0) is 5.33 Å². The minimum absolute atomic E-state index is 0.274. The van der Waals surface area contributed by atoms with Crippen LogP contribution in [0.25, 0.3) is 0 Å². The first-order valence-corrected chi connectivity index (χ1v) is 5.26. The summed E-state index contributed by atoms with van der Waals surface area (Å²) in [5, 5.41) is 0.418. The third-order valence-electron chi connectivity index (χ3n) is 1.52. The molecule has 0 aliphatic carbocycles. The van der Waals surface area contributed by atoms with E-state index in [1.807, 2.05) is 0 Å². The number of halogens is 4. The summed E-state index contributed by atoms with van der Waals surface area (Å²) in [6.45, 7) is 0. The van der Waals surface area contributed by atoms with Gasteiger partial charge in [-0.25, -0.2) is 8.78 Å². The lowest BCUT2D eigenvalue weighted by atomic mass is 10.2. The van der Waals surface area contributed by atoms with Crippen molar-refractivity contribution in [2.24, 2.45) is 0 Å². The molecule has 0 radical (unpaired) electrons. The molecule has 0 atom stereocenters. The van der Waals surface area contributed by atoms with E-state index in [1.165, 1.54) is 6.20 Å². The van der Waals surface area contributed by atoms with Gasteiger partial charge in [-0.1, -0.05) is 15.9 Å². The number of rotatable bonds is 2. The third kappa shape index (κ3) is 2.17. The number of aromatic nitrogens is 1. The first kappa shape index (κ1) is 10.8. The summed E-state index contributed by atoms with van der Waals surface area (Å²) in [5.74, 6) is 0. The Balaban J connectivity index is 3.27. The second-order valence-corrected chi connectivity index (χ2v) is 3.68. The molecule has 0 fully saturated rings. The molecule has 0 bridgehead atoms. The van der Waals surface area contributed by atoms with Gasteiger partial charge in [0.1, 0.15) is 5.69 Å².